The van der Waals surface area contributed by atoms with Gasteiger partial charge < -0.3 is 39.7 Å². The number of fused-ring (bicyclic) bond motifs is 2. The number of nitrogens with one attached hydrogen (secondary N) is 1. The number of benzene rings is 1. The molecule has 0 aliphatic carbocycles. The predicted molar refractivity (Wildman–Crippen MR) is 105 cm³/mol. The molecule has 33 heavy (non-hydrogen) atoms. The molecule has 0 amide bonds. The van der Waals surface area contributed by atoms with Gasteiger partial charge in [0.2, 0.25) is 5.95 Å². The van der Waals surface area contributed by atoms with Gasteiger partial charge in [-0.1, -0.05) is 0 Å². The van der Waals surface area contributed by atoms with Crippen molar-refractivity contribution in [3.63, 3.8) is 0 Å². The number of ether oxygens (including phenoxy) is 1. The van der Waals surface area contributed by atoms with E-state index in [-0.39, 0.29) is 74.8 Å². The van der Waals surface area contributed by atoms with E-state index in [1.165, 1.54) is 16.7 Å². The summed E-state index contributed by atoms with van der Waals surface area (Å²) in [4.78, 5) is 35.0. The Kier molecular flexibility index (Phi) is 6.56. The first-order valence-corrected chi connectivity index (χ1v) is 11.4. The van der Waals surface area contributed by atoms with E-state index >= 15 is 0 Å². The summed E-state index contributed by atoms with van der Waals surface area (Å²) >= 11 is 0.889. The molecule has 5 atom stereocenters. The number of phosphoric ester groups is 1. The van der Waals surface area contributed by atoms with Gasteiger partial charge in [-0.05, 0) is 23.9 Å². The van der Waals surface area contributed by atoms with Crippen molar-refractivity contribution < 1.29 is 68.1 Å². The molecule has 14 nitrogen and oxygen atoms in total. The number of aromatic hydroxyl groups is 2. The minimum atomic E-state index is -4.61. The van der Waals surface area contributed by atoms with Crippen LogP contribution < -0.4 is 45.7 Å². The number of rotatable bonds is 3. The van der Waals surface area contributed by atoms with Crippen molar-refractivity contribution in [2.24, 2.45) is 0 Å². The van der Waals surface area contributed by atoms with Gasteiger partial charge in [0.25, 0.3) is 13.4 Å². The number of nitrogens with two attached hydrogens (primary N) is 1. The first-order valence-electron chi connectivity index (χ1n) is 9.08. The number of aliphatic hydroxyl groups excluding tert-OH is 1. The van der Waals surface area contributed by atoms with Gasteiger partial charge in [-0.15, -0.1) is 0 Å². The van der Waals surface area contributed by atoms with Crippen LogP contribution in [0.25, 0.3) is 11.2 Å². The Morgan fingerprint density at radius 3 is 2.82 bits per heavy atom. The molecule has 170 valence electrons. The standard InChI is InChI=1S/C16H16N5O9PS.Na/c17-15-19-12-9(13(25)20-15)18-16(32-8-2-1-5(22)3-6(8)23)21(12)14-10(24)11-7(29-14)4-28-31(26,27)30-11;/h1-3,7,10-11,14,22-24H,4H2,(H,26,27)(H3,17,19,20,25);/q;+1/p-1/t7-,10-,11-,14-;/m1./s1. The van der Waals surface area contributed by atoms with Crippen LogP contribution in [0.4, 0.5) is 5.95 Å². The predicted octanol–water partition coefficient (Wildman–Crippen LogP) is -3.59. The van der Waals surface area contributed by atoms with Gasteiger partial charge in [0, 0.05) is 6.07 Å². The molecule has 0 bridgehead atoms. The molecule has 2 saturated heterocycles. The maximum atomic E-state index is 12.4. The summed E-state index contributed by atoms with van der Waals surface area (Å²) in [6.07, 6.45) is -4.96. The molecule has 5 rings (SSSR count). The fraction of sp³-hybridized carbons (Fsp3) is 0.312. The van der Waals surface area contributed by atoms with Crippen LogP contribution in [0.5, 0.6) is 11.5 Å². The van der Waals surface area contributed by atoms with E-state index in [1.807, 2.05) is 0 Å². The molecular formula is C16H15N5NaO9PS. The quantitative estimate of drug-likeness (QED) is 0.171. The summed E-state index contributed by atoms with van der Waals surface area (Å²) in [6.45, 7) is -0.372. The fourth-order valence-corrected chi connectivity index (χ4v) is 5.38. The average Bonchev–Trinajstić information content (AvgIpc) is 3.21. The Morgan fingerprint density at radius 2 is 2.09 bits per heavy atom. The van der Waals surface area contributed by atoms with Crippen LogP contribution in [0.15, 0.2) is 33.0 Å². The van der Waals surface area contributed by atoms with E-state index < -0.39 is 37.9 Å². The summed E-state index contributed by atoms with van der Waals surface area (Å²) in [5, 5.41) is 30.6. The number of nitrogen functional groups attached to an aromatic ring is 1. The summed E-state index contributed by atoms with van der Waals surface area (Å²) < 4.78 is 28.2. The van der Waals surface area contributed by atoms with Crippen molar-refractivity contribution in [2.75, 3.05) is 12.3 Å². The molecule has 3 aromatic rings. The first-order chi connectivity index (χ1) is 15.1. The van der Waals surface area contributed by atoms with E-state index in [1.54, 1.807) is 0 Å². The van der Waals surface area contributed by atoms with Crippen LogP contribution in [0.2, 0.25) is 0 Å². The van der Waals surface area contributed by atoms with Crippen molar-refractivity contribution in [3.8, 4) is 11.5 Å². The molecule has 6 N–H and O–H groups in total. The maximum Gasteiger partial charge on any atom is 1.00 e. The topological polar surface area (TPSA) is 218 Å². The second-order valence-corrected chi connectivity index (χ2v) is 9.38. The van der Waals surface area contributed by atoms with Gasteiger partial charge in [-0.3, -0.25) is 18.9 Å². The molecule has 2 aliphatic rings. The van der Waals surface area contributed by atoms with Gasteiger partial charge in [-0.2, -0.15) is 4.98 Å². The SMILES string of the molecule is Nc1nc2c(nc(Sc3ccc(O)cc3O)n2[C@@H]2O[C@@H]3COP(=O)([O-])O[C@H]3[C@H]2O)c(=O)[nH]1.[Na+]. The average molecular weight is 507 g/mol. The summed E-state index contributed by atoms with van der Waals surface area (Å²) in [6, 6.07) is 3.87. The van der Waals surface area contributed by atoms with Crippen LogP contribution in [-0.2, 0) is 18.3 Å². The number of anilines is 1. The molecule has 0 spiro atoms. The van der Waals surface area contributed by atoms with Crippen LogP contribution in [-0.4, -0.2) is 59.8 Å². The Hall–Kier alpha value is -1.65. The zero-order valence-electron chi connectivity index (χ0n) is 16.8. The summed E-state index contributed by atoms with van der Waals surface area (Å²) in [5.74, 6) is -0.647. The zero-order valence-corrected chi connectivity index (χ0v) is 20.5. The van der Waals surface area contributed by atoms with Gasteiger partial charge in [0.05, 0.1) is 11.5 Å². The molecule has 0 radical (unpaired) electrons. The molecule has 1 aromatic carbocycles. The number of H-pyrrole nitrogens is 1. The third kappa shape index (κ3) is 4.41. The molecule has 2 fully saturated rings. The zero-order chi connectivity index (χ0) is 22.8. The minimum absolute atomic E-state index is 0. The van der Waals surface area contributed by atoms with Crippen LogP contribution in [0, 0.1) is 0 Å². The number of phosphoric acid groups is 1. The first kappa shape index (κ1) is 24.5. The van der Waals surface area contributed by atoms with Crippen LogP contribution >= 0.6 is 19.6 Å². The number of aromatic nitrogens is 4. The summed E-state index contributed by atoms with van der Waals surface area (Å²) in [5.41, 5.74) is 4.85. The molecular weight excluding hydrogens is 492 g/mol. The van der Waals surface area contributed by atoms with E-state index in [2.05, 4.69) is 19.5 Å². The maximum absolute atomic E-state index is 12.4. The molecule has 4 heterocycles. The Bertz CT molecular complexity index is 1340. The fourth-order valence-electron chi connectivity index (χ4n) is 3.51. The molecule has 2 aliphatic heterocycles. The number of phenolic OH excluding ortho intramolecular Hbond substituents is 2. The van der Waals surface area contributed by atoms with Crippen molar-refractivity contribution in [1.29, 1.82) is 0 Å². The number of aromatic amines is 1. The molecule has 2 aromatic heterocycles. The van der Waals surface area contributed by atoms with E-state index in [0.717, 1.165) is 17.8 Å². The van der Waals surface area contributed by atoms with E-state index in [0.29, 0.717) is 0 Å². The summed E-state index contributed by atoms with van der Waals surface area (Å²) in [7, 11) is -4.61. The van der Waals surface area contributed by atoms with Gasteiger partial charge in [0.1, 0.15) is 29.8 Å². The molecule has 1 unspecified atom stereocenters. The number of imidazole rings is 1. The number of hydrogen-bond acceptors (Lipinski definition) is 13. The second kappa shape index (κ2) is 8.85. The Balaban J connectivity index is 0.00000259. The molecule has 0 saturated carbocycles. The van der Waals surface area contributed by atoms with Crippen LogP contribution in [0.1, 0.15) is 6.23 Å². The minimum Gasteiger partial charge on any atom is -0.756 e. The van der Waals surface area contributed by atoms with Crippen LogP contribution in [0.3, 0.4) is 0 Å². The van der Waals surface area contributed by atoms with E-state index in [9.17, 15) is 29.6 Å². The number of hydrogen-bond donors (Lipinski definition) is 5. The van der Waals surface area contributed by atoms with Crippen molar-refractivity contribution in [2.45, 2.75) is 34.6 Å². The number of nitrogens with zero attached hydrogens (tertiary/aromatic N) is 3. The number of phenols is 2. The Morgan fingerprint density at radius 1 is 1.33 bits per heavy atom. The Labute approximate surface area is 210 Å². The third-order valence-electron chi connectivity index (χ3n) is 4.89. The molecule has 17 heteroatoms. The second-order valence-electron chi connectivity index (χ2n) is 7.01. The number of aliphatic hydroxyl groups is 1. The van der Waals surface area contributed by atoms with Gasteiger partial charge in [-0.25, -0.2) is 4.98 Å². The van der Waals surface area contributed by atoms with Gasteiger partial charge in [0.15, 0.2) is 22.5 Å². The monoisotopic (exact) mass is 507 g/mol. The van der Waals surface area contributed by atoms with Gasteiger partial charge >= 0.3 is 29.6 Å². The smallest absolute Gasteiger partial charge is 0.756 e. The third-order valence-corrected chi connectivity index (χ3v) is 6.89. The van der Waals surface area contributed by atoms with Crippen molar-refractivity contribution in [3.05, 3.63) is 28.6 Å². The van der Waals surface area contributed by atoms with Crippen molar-refractivity contribution in [1.82, 2.24) is 19.5 Å². The van der Waals surface area contributed by atoms with E-state index in [4.69, 9.17) is 15.0 Å². The van der Waals surface area contributed by atoms with Crippen molar-refractivity contribution >= 4 is 36.7 Å². The normalized spacial score (nSPS) is 29.0. The largest absolute Gasteiger partial charge is 1.00 e.